The smallest absolute Gasteiger partial charge is 0.160 e. The number of aryl methyl sites for hydroxylation is 1. The number of fused-ring (bicyclic) bond motifs is 1. The van der Waals surface area contributed by atoms with Gasteiger partial charge in [0.15, 0.2) is 11.3 Å². The van der Waals surface area contributed by atoms with Crippen LogP contribution in [0.3, 0.4) is 0 Å². The molecular formula is C12H13N5S. The van der Waals surface area contributed by atoms with Crippen LogP contribution in [0.25, 0.3) is 11.0 Å². The number of nitrogens with one attached hydrogen (secondary N) is 1. The summed E-state index contributed by atoms with van der Waals surface area (Å²) in [6, 6.07) is 4.18. The minimum absolute atomic E-state index is 0.828. The normalized spacial score (nSPS) is 11.0. The molecule has 3 rings (SSSR count). The molecule has 0 amide bonds. The highest BCUT2D eigenvalue weighted by Crippen LogP contribution is 2.23. The minimum Gasteiger partial charge on any atom is -0.353 e. The molecule has 1 N–H and O–H groups in total. The largest absolute Gasteiger partial charge is 0.353 e. The molecule has 0 aliphatic rings. The molecule has 5 nitrogen and oxygen atoms in total. The summed E-state index contributed by atoms with van der Waals surface area (Å²) in [5, 5.41) is 9.32. The molecule has 0 unspecified atom stereocenters. The molecule has 0 fully saturated rings. The van der Waals surface area contributed by atoms with Crippen LogP contribution in [-0.2, 0) is 6.54 Å². The van der Waals surface area contributed by atoms with Gasteiger partial charge in [0.1, 0.15) is 11.8 Å². The second-order valence-corrected chi connectivity index (χ2v) is 5.21. The lowest BCUT2D eigenvalue weighted by Gasteiger charge is -2.16. The van der Waals surface area contributed by atoms with Gasteiger partial charge in [-0.3, -0.25) is 5.10 Å². The van der Waals surface area contributed by atoms with E-state index in [1.165, 1.54) is 4.88 Å². The van der Waals surface area contributed by atoms with E-state index in [1.54, 1.807) is 17.7 Å². The Balaban J connectivity index is 1.98. The highest BCUT2D eigenvalue weighted by molar-refractivity contribution is 7.09. The number of nitrogens with zero attached hydrogens (tertiary/aromatic N) is 4. The Morgan fingerprint density at radius 3 is 3.00 bits per heavy atom. The average molecular weight is 259 g/mol. The summed E-state index contributed by atoms with van der Waals surface area (Å²) in [7, 11) is 2.02. The van der Waals surface area contributed by atoms with E-state index in [0.717, 1.165) is 29.1 Å². The maximum Gasteiger partial charge on any atom is 0.160 e. The van der Waals surface area contributed by atoms with Gasteiger partial charge in [-0.15, -0.1) is 11.3 Å². The van der Waals surface area contributed by atoms with Crippen LogP contribution in [0.15, 0.2) is 23.8 Å². The van der Waals surface area contributed by atoms with Gasteiger partial charge in [-0.1, -0.05) is 6.07 Å². The number of H-pyrrole nitrogens is 1. The van der Waals surface area contributed by atoms with E-state index in [2.05, 4.69) is 42.6 Å². The van der Waals surface area contributed by atoms with Crippen molar-refractivity contribution in [1.29, 1.82) is 0 Å². The Hall–Kier alpha value is -1.95. The van der Waals surface area contributed by atoms with E-state index in [9.17, 15) is 0 Å². The fourth-order valence-corrected chi connectivity index (χ4v) is 2.69. The van der Waals surface area contributed by atoms with Crippen LogP contribution < -0.4 is 4.90 Å². The molecule has 0 aliphatic carbocycles. The van der Waals surface area contributed by atoms with Gasteiger partial charge in [-0.05, 0) is 18.4 Å². The zero-order chi connectivity index (χ0) is 12.5. The van der Waals surface area contributed by atoms with Crippen LogP contribution in [0.5, 0.6) is 0 Å². The van der Waals surface area contributed by atoms with E-state index < -0.39 is 0 Å². The Labute approximate surface area is 109 Å². The van der Waals surface area contributed by atoms with Crippen molar-refractivity contribution in [3.8, 4) is 0 Å². The van der Waals surface area contributed by atoms with Gasteiger partial charge < -0.3 is 4.90 Å². The molecule has 0 radical (unpaired) electrons. The van der Waals surface area contributed by atoms with Crippen molar-refractivity contribution < 1.29 is 0 Å². The number of anilines is 1. The van der Waals surface area contributed by atoms with Gasteiger partial charge in [0, 0.05) is 11.9 Å². The lowest BCUT2D eigenvalue weighted by molar-refractivity contribution is 0.910. The first-order chi connectivity index (χ1) is 8.75. The highest BCUT2D eigenvalue weighted by atomic mass is 32.1. The van der Waals surface area contributed by atoms with Gasteiger partial charge in [-0.25, -0.2) is 9.97 Å². The zero-order valence-corrected chi connectivity index (χ0v) is 11.0. The second kappa shape index (κ2) is 4.38. The van der Waals surface area contributed by atoms with Gasteiger partial charge in [0.25, 0.3) is 0 Å². The summed E-state index contributed by atoms with van der Waals surface area (Å²) >= 11 is 1.74. The van der Waals surface area contributed by atoms with Crippen molar-refractivity contribution in [2.75, 3.05) is 11.9 Å². The standard InChI is InChI=1S/C12H13N5S/c1-8-10-11(16-15-8)12(14-7-13-10)17(2)6-9-4-3-5-18-9/h3-5,7H,6H2,1-2H3,(H,15,16). The fourth-order valence-electron chi connectivity index (χ4n) is 1.93. The highest BCUT2D eigenvalue weighted by Gasteiger charge is 2.13. The Bertz CT molecular complexity index is 658. The molecular weight excluding hydrogens is 246 g/mol. The predicted molar refractivity (Wildman–Crippen MR) is 72.8 cm³/mol. The van der Waals surface area contributed by atoms with Crippen molar-refractivity contribution in [3.05, 3.63) is 34.4 Å². The van der Waals surface area contributed by atoms with Crippen molar-refractivity contribution in [2.24, 2.45) is 0 Å². The molecule has 18 heavy (non-hydrogen) atoms. The third kappa shape index (κ3) is 1.84. The monoisotopic (exact) mass is 259 g/mol. The predicted octanol–water partition coefficient (Wildman–Crippen LogP) is 2.36. The average Bonchev–Trinajstić information content (AvgIpc) is 3.00. The molecule has 92 valence electrons. The molecule has 0 spiro atoms. The van der Waals surface area contributed by atoms with Crippen LogP contribution in [-0.4, -0.2) is 27.2 Å². The third-order valence-corrected chi connectivity index (χ3v) is 3.69. The second-order valence-electron chi connectivity index (χ2n) is 4.18. The molecule has 0 aliphatic heterocycles. The number of hydrogen-bond donors (Lipinski definition) is 1. The van der Waals surface area contributed by atoms with Crippen LogP contribution in [0, 0.1) is 6.92 Å². The number of rotatable bonds is 3. The molecule has 3 aromatic heterocycles. The van der Waals surface area contributed by atoms with Crippen molar-refractivity contribution in [1.82, 2.24) is 20.2 Å². The Kier molecular flexibility index (Phi) is 2.71. The molecule has 6 heteroatoms. The molecule has 0 saturated heterocycles. The van der Waals surface area contributed by atoms with E-state index in [4.69, 9.17) is 0 Å². The Morgan fingerprint density at radius 2 is 2.22 bits per heavy atom. The summed E-state index contributed by atoms with van der Waals surface area (Å²) in [5.74, 6) is 0.859. The van der Waals surface area contributed by atoms with Gasteiger partial charge in [0.2, 0.25) is 0 Å². The van der Waals surface area contributed by atoms with E-state index in [1.807, 2.05) is 14.0 Å². The SMILES string of the molecule is Cc1[nH]nc2c(N(C)Cc3cccs3)ncnc12. The van der Waals surface area contributed by atoms with Crippen LogP contribution >= 0.6 is 11.3 Å². The van der Waals surface area contributed by atoms with Gasteiger partial charge in [-0.2, -0.15) is 5.10 Å². The lowest BCUT2D eigenvalue weighted by atomic mass is 10.3. The quantitative estimate of drug-likeness (QED) is 0.784. The maximum absolute atomic E-state index is 4.34. The topological polar surface area (TPSA) is 57.7 Å². The molecule has 0 bridgehead atoms. The van der Waals surface area contributed by atoms with Crippen molar-refractivity contribution >= 4 is 28.2 Å². The van der Waals surface area contributed by atoms with Gasteiger partial charge in [0.05, 0.1) is 12.2 Å². The van der Waals surface area contributed by atoms with Crippen LogP contribution in [0.1, 0.15) is 10.6 Å². The molecule has 0 aromatic carbocycles. The summed E-state index contributed by atoms with van der Waals surface area (Å²) < 4.78 is 0. The molecule has 3 heterocycles. The number of aromatic nitrogens is 4. The third-order valence-electron chi connectivity index (χ3n) is 2.83. The summed E-state index contributed by atoms with van der Waals surface area (Å²) in [6.45, 7) is 2.79. The zero-order valence-electron chi connectivity index (χ0n) is 10.2. The minimum atomic E-state index is 0.828. The first kappa shape index (κ1) is 11.2. The van der Waals surface area contributed by atoms with Crippen LogP contribution in [0.2, 0.25) is 0 Å². The van der Waals surface area contributed by atoms with Crippen molar-refractivity contribution in [2.45, 2.75) is 13.5 Å². The first-order valence-electron chi connectivity index (χ1n) is 5.65. The molecule has 3 aromatic rings. The summed E-state index contributed by atoms with van der Waals surface area (Å²) in [5.41, 5.74) is 2.69. The molecule has 0 saturated carbocycles. The first-order valence-corrected chi connectivity index (χ1v) is 6.53. The maximum atomic E-state index is 4.34. The number of hydrogen-bond acceptors (Lipinski definition) is 5. The van der Waals surface area contributed by atoms with Gasteiger partial charge >= 0.3 is 0 Å². The van der Waals surface area contributed by atoms with Crippen molar-refractivity contribution in [3.63, 3.8) is 0 Å². The summed E-state index contributed by atoms with van der Waals surface area (Å²) in [4.78, 5) is 12.0. The van der Waals surface area contributed by atoms with E-state index >= 15 is 0 Å². The summed E-state index contributed by atoms with van der Waals surface area (Å²) in [6.07, 6.45) is 1.59. The molecule has 0 atom stereocenters. The fraction of sp³-hybridized carbons (Fsp3) is 0.250. The lowest BCUT2D eigenvalue weighted by Crippen LogP contribution is -2.17. The van der Waals surface area contributed by atoms with E-state index in [-0.39, 0.29) is 0 Å². The number of thiophene rings is 1. The van der Waals surface area contributed by atoms with E-state index in [0.29, 0.717) is 0 Å². The number of aromatic amines is 1. The van der Waals surface area contributed by atoms with Crippen LogP contribution in [0.4, 0.5) is 5.82 Å². The Morgan fingerprint density at radius 1 is 1.33 bits per heavy atom.